The van der Waals surface area contributed by atoms with Crippen molar-refractivity contribution in [1.29, 1.82) is 0 Å². The summed E-state index contributed by atoms with van der Waals surface area (Å²) in [4.78, 5) is 14.2. The molecule has 2 aromatic carbocycles. The molecule has 1 aliphatic rings. The molecule has 1 unspecified atom stereocenters. The van der Waals surface area contributed by atoms with Crippen molar-refractivity contribution in [2.24, 2.45) is 0 Å². The number of hydrogen-bond acceptors (Lipinski definition) is 2. The van der Waals surface area contributed by atoms with E-state index in [1.165, 1.54) is 17.7 Å². The Labute approximate surface area is 123 Å². The minimum Gasteiger partial charge on any atom is -0.359 e. The molecule has 1 amide bonds. The normalized spacial score (nSPS) is 16.7. The number of benzene rings is 2. The number of rotatable bonds is 3. The maximum atomic E-state index is 13.1. The molecule has 1 heterocycles. The molecule has 1 N–H and O–H groups in total. The molecular formula is C17H17FN2O. The SMILES string of the molecule is CC1Cc2ccccc2N1CC(=O)Nc1cccc(F)c1. The van der Waals surface area contributed by atoms with Gasteiger partial charge in [0.2, 0.25) is 5.91 Å². The van der Waals surface area contributed by atoms with Gasteiger partial charge in [-0.25, -0.2) is 4.39 Å². The lowest BCUT2D eigenvalue weighted by atomic mass is 10.1. The maximum absolute atomic E-state index is 13.1. The largest absolute Gasteiger partial charge is 0.359 e. The summed E-state index contributed by atoms with van der Waals surface area (Å²) in [5.74, 6) is -0.489. The van der Waals surface area contributed by atoms with Crippen molar-refractivity contribution < 1.29 is 9.18 Å². The van der Waals surface area contributed by atoms with Gasteiger partial charge in [0.05, 0.1) is 6.54 Å². The Morgan fingerprint density at radius 1 is 1.29 bits per heavy atom. The fourth-order valence-corrected chi connectivity index (χ4v) is 2.79. The lowest BCUT2D eigenvalue weighted by Crippen LogP contribution is -2.37. The van der Waals surface area contributed by atoms with Crippen LogP contribution in [-0.4, -0.2) is 18.5 Å². The van der Waals surface area contributed by atoms with Crippen molar-refractivity contribution in [1.82, 2.24) is 0 Å². The fourth-order valence-electron chi connectivity index (χ4n) is 2.79. The van der Waals surface area contributed by atoms with Crippen molar-refractivity contribution in [2.45, 2.75) is 19.4 Å². The van der Waals surface area contributed by atoms with Crippen molar-refractivity contribution in [3.63, 3.8) is 0 Å². The van der Waals surface area contributed by atoms with Crippen molar-refractivity contribution in [3.8, 4) is 0 Å². The second kappa shape index (κ2) is 5.56. The van der Waals surface area contributed by atoms with Crippen LogP contribution in [0.1, 0.15) is 12.5 Å². The summed E-state index contributed by atoms with van der Waals surface area (Å²) < 4.78 is 13.1. The summed E-state index contributed by atoms with van der Waals surface area (Å²) in [7, 11) is 0. The van der Waals surface area contributed by atoms with Gasteiger partial charge in [-0.2, -0.15) is 0 Å². The van der Waals surface area contributed by atoms with Gasteiger partial charge in [0, 0.05) is 17.4 Å². The molecule has 0 fully saturated rings. The summed E-state index contributed by atoms with van der Waals surface area (Å²) in [6.07, 6.45) is 0.948. The molecule has 0 radical (unpaired) electrons. The first-order chi connectivity index (χ1) is 10.1. The lowest BCUT2D eigenvalue weighted by Gasteiger charge is -2.24. The summed E-state index contributed by atoms with van der Waals surface area (Å²) in [5.41, 5.74) is 2.86. The molecule has 0 aliphatic carbocycles. The Bertz CT molecular complexity index is 671. The zero-order chi connectivity index (χ0) is 14.8. The molecule has 2 aromatic rings. The quantitative estimate of drug-likeness (QED) is 0.938. The van der Waals surface area contributed by atoms with E-state index < -0.39 is 0 Å². The molecule has 0 aromatic heterocycles. The van der Waals surface area contributed by atoms with Gasteiger partial charge in [-0.15, -0.1) is 0 Å². The minimum absolute atomic E-state index is 0.135. The van der Waals surface area contributed by atoms with E-state index in [0.717, 1.165) is 12.1 Å². The second-order valence-corrected chi connectivity index (χ2v) is 5.37. The Balaban J connectivity index is 1.70. The Morgan fingerprint density at radius 2 is 2.10 bits per heavy atom. The highest BCUT2D eigenvalue weighted by Gasteiger charge is 2.26. The number of hydrogen-bond donors (Lipinski definition) is 1. The van der Waals surface area contributed by atoms with Gasteiger partial charge in [0.25, 0.3) is 0 Å². The molecular weight excluding hydrogens is 267 g/mol. The zero-order valence-corrected chi connectivity index (χ0v) is 11.8. The topological polar surface area (TPSA) is 32.3 Å². The van der Waals surface area contributed by atoms with Crippen LogP contribution in [0.2, 0.25) is 0 Å². The number of amides is 1. The highest BCUT2D eigenvalue weighted by atomic mass is 19.1. The van der Waals surface area contributed by atoms with Gasteiger partial charge in [0.1, 0.15) is 5.82 Å². The highest BCUT2D eigenvalue weighted by Crippen LogP contribution is 2.31. The number of nitrogens with zero attached hydrogens (tertiary/aromatic N) is 1. The number of anilines is 2. The summed E-state index contributed by atoms with van der Waals surface area (Å²) in [5, 5.41) is 2.74. The first-order valence-electron chi connectivity index (χ1n) is 7.03. The van der Waals surface area contributed by atoms with E-state index >= 15 is 0 Å². The van der Waals surface area contributed by atoms with Crippen LogP contribution in [0.25, 0.3) is 0 Å². The Hall–Kier alpha value is -2.36. The molecule has 3 rings (SSSR count). The van der Waals surface area contributed by atoms with Gasteiger partial charge >= 0.3 is 0 Å². The van der Waals surface area contributed by atoms with E-state index in [1.807, 2.05) is 18.2 Å². The predicted molar refractivity (Wildman–Crippen MR) is 82.0 cm³/mol. The van der Waals surface area contributed by atoms with E-state index in [1.54, 1.807) is 12.1 Å². The molecule has 1 aliphatic heterocycles. The molecule has 1 atom stereocenters. The monoisotopic (exact) mass is 284 g/mol. The molecule has 108 valence electrons. The van der Waals surface area contributed by atoms with Gasteiger partial charge in [-0.3, -0.25) is 4.79 Å². The van der Waals surface area contributed by atoms with Crippen molar-refractivity contribution in [3.05, 3.63) is 59.9 Å². The fraction of sp³-hybridized carbons (Fsp3) is 0.235. The van der Waals surface area contributed by atoms with E-state index in [2.05, 4.69) is 23.2 Å². The standard InChI is InChI=1S/C17H17FN2O/c1-12-9-13-5-2-3-8-16(13)20(12)11-17(21)19-15-7-4-6-14(18)10-15/h2-8,10,12H,9,11H2,1H3,(H,19,21). The van der Waals surface area contributed by atoms with E-state index in [-0.39, 0.29) is 18.3 Å². The van der Waals surface area contributed by atoms with Crippen LogP contribution in [0.4, 0.5) is 15.8 Å². The Morgan fingerprint density at radius 3 is 2.90 bits per heavy atom. The van der Waals surface area contributed by atoms with Crippen LogP contribution in [0.5, 0.6) is 0 Å². The van der Waals surface area contributed by atoms with Crippen molar-refractivity contribution in [2.75, 3.05) is 16.8 Å². The van der Waals surface area contributed by atoms with Crippen LogP contribution in [0.3, 0.4) is 0 Å². The molecule has 0 spiro atoms. The average molecular weight is 284 g/mol. The third kappa shape index (κ3) is 2.89. The van der Waals surface area contributed by atoms with E-state index in [4.69, 9.17) is 0 Å². The third-order valence-corrected chi connectivity index (χ3v) is 3.77. The first kappa shape index (κ1) is 13.6. The molecule has 4 heteroatoms. The minimum atomic E-state index is -0.354. The van der Waals surface area contributed by atoms with Gasteiger partial charge < -0.3 is 10.2 Å². The lowest BCUT2D eigenvalue weighted by molar-refractivity contribution is -0.115. The highest BCUT2D eigenvalue weighted by molar-refractivity contribution is 5.94. The van der Waals surface area contributed by atoms with E-state index in [0.29, 0.717) is 11.7 Å². The number of para-hydroxylation sites is 1. The van der Waals surface area contributed by atoms with Crippen LogP contribution < -0.4 is 10.2 Å². The maximum Gasteiger partial charge on any atom is 0.243 e. The predicted octanol–water partition coefficient (Wildman–Crippen LogP) is 3.22. The number of carbonyl (C=O) groups excluding carboxylic acids is 1. The number of halogens is 1. The van der Waals surface area contributed by atoms with Crippen LogP contribution in [0.15, 0.2) is 48.5 Å². The van der Waals surface area contributed by atoms with Gasteiger partial charge in [0.15, 0.2) is 0 Å². The van der Waals surface area contributed by atoms with Gasteiger partial charge in [-0.05, 0) is 43.2 Å². The van der Waals surface area contributed by atoms with Crippen LogP contribution >= 0.6 is 0 Å². The summed E-state index contributed by atoms with van der Waals surface area (Å²) >= 11 is 0. The first-order valence-corrected chi connectivity index (χ1v) is 7.03. The second-order valence-electron chi connectivity index (χ2n) is 5.37. The van der Waals surface area contributed by atoms with Crippen LogP contribution in [-0.2, 0) is 11.2 Å². The zero-order valence-electron chi connectivity index (χ0n) is 11.8. The molecule has 21 heavy (non-hydrogen) atoms. The van der Waals surface area contributed by atoms with Gasteiger partial charge in [-0.1, -0.05) is 24.3 Å². The number of carbonyl (C=O) groups is 1. The molecule has 0 bridgehead atoms. The third-order valence-electron chi connectivity index (χ3n) is 3.77. The smallest absolute Gasteiger partial charge is 0.243 e. The molecule has 0 saturated heterocycles. The number of fused-ring (bicyclic) bond motifs is 1. The van der Waals surface area contributed by atoms with Crippen LogP contribution in [0, 0.1) is 5.82 Å². The van der Waals surface area contributed by atoms with E-state index in [9.17, 15) is 9.18 Å². The summed E-state index contributed by atoms with van der Waals surface area (Å²) in [6, 6.07) is 14.4. The Kier molecular flexibility index (Phi) is 3.60. The average Bonchev–Trinajstić information content (AvgIpc) is 2.75. The number of nitrogens with one attached hydrogen (secondary N) is 1. The summed E-state index contributed by atoms with van der Waals surface area (Å²) in [6.45, 7) is 2.38. The molecule has 0 saturated carbocycles. The van der Waals surface area contributed by atoms with Crippen molar-refractivity contribution >= 4 is 17.3 Å². The molecule has 3 nitrogen and oxygen atoms in total.